The molecule has 12 heteroatoms. The SMILES string of the molecule is COc1cc(C(=O)Oc2ccc(Br)cc2C=NNC(=O)c2[nH]c3c(OC)cccc3c2-c2ccccc2Cl)cc(OC)c1OC. The maximum Gasteiger partial charge on any atom is 0.343 e. The smallest absolute Gasteiger partial charge is 0.343 e. The minimum Gasteiger partial charge on any atom is -0.495 e. The van der Waals surface area contributed by atoms with Crippen LogP contribution in [0.15, 0.2) is 82.4 Å². The molecule has 5 rings (SSSR count). The summed E-state index contributed by atoms with van der Waals surface area (Å²) >= 11 is 9.97. The third-order valence-corrected chi connectivity index (χ3v) is 7.65. The van der Waals surface area contributed by atoms with E-state index in [1.54, 1.807) is 37.4 Å². The average molecular weight is 693 g/mol. The van der Waals surface area contributed by atoms with Crippen LogP contribution in [0.5, 0.6) is 28.7 Å². The van der Waals surface area contributed by atoms with Gasteiger partial charge in [-0.05, 0) is 42.5 Å². The zero-order valence-corrected chi connectivity index (χ0v) is 26.9. The highest BCUT2D eigenvalue weighted by molar-refractivity contribution is 9.10. The number of esters is 1. The molecule has 0 radical (unpaired) electrons. The largest absolute Gasteiger partial charge is 0.495 e. The standard InChI is InChI=1S/C33H27BrClN3O7/c1-41-25-11-7-9-22-28(21-8-5-6-10-23(21)35)30(37-29(22)25)32(39)38-36-17-19-14-20(34)12-13-24(19)45-33(40)18-15-26(42-2)31(44-4)27(16-18)43-3/h5-17,37H,1-4H3,(H,38,39). The van der Waals surface area contributed by atoms with Crippen LogP contribution in [-0.2, 0) is 0 Å². The van der Waals surface area contributed by atoms with E-state index in [1.807, 2.05) is 30.3 Å². The minimum atomic E-state index is -0.674. The van der Waals surface area contributed by atoms with Crippen LogP contribution < -0.4 is 29.1 Å². The summed E-state index contributed by atoms with van der Waals surface area (Å²) in [4.78, 5) is 29.9. The second-order valence-electron chi connectivity index (χ2n) is 9.42. The van der Waals surface area contributed by atoms with Crippen LogP contribution in [0.3, 0.4) is 0 Å². The Balaban J connectivity index is 1.44. The number of hydrazone groups is 1. The predicted octanol–water partition coefficient (Wildman–Crippen LogP) is 7.27. The van der Waals surface area contributed by atoms with Crippen LogP contribution in [0.4, 0.5) is 0 Å². The minimum absolute atomic E-state index is 0.171. The number of hydrogen-bond acceptors (Lipinski definition) is 8. The van der Waals surface area contributed by atoms with Crippen LogP contribution in [0.2, 0.25) is 5.02 Å². The third kappa shape index (κ3) is 6.45. The summed E-state index contributed by atoms with van der Waals surface area (Å²) < 4.78 is 28.0. The van der Waals surface area contributed by atoms with E-state index in [0.717, 1.165) is 5.39 Å². The van der Waals surface area contributed by atoms with Gasteiger partial charge >= 0.3 is 5.97 Å². The molecular weight excluding hydrogens is 666 g/mol. The molecule has 2 N–H and O–H groups in total. The van der Waals surface area contributed by atoms with Crippen LogP contribution in [-0.4, -0.2) is 51.5 Å². The molecule has 0 aliphatic rings. The Hall–Kier alpha value is -5.00. The molecule has 1 amide bonds. The number of halogens is 2. The number of para-hydroxylation sites is 1. The van der Waals surface area contributed by atoms with Crippen molar-refractivity contribution < 1.29 is 33.3 Å². The number of aromatic amines is 1. The van der Waals surface area contributed by atoms with E-state index >= 15 is 0 Å². The monoisotopic (exact) mass is 691 g/mol. The molecule has 0 saturated heterocycles. The van der Waals surface area contributed by atoms with Gasteiger partial charge < -0.3 is 28.7 Å². The fraction of sp³-hybridized carbons (Fsp3) is 0.121. The van der Waals surface area contributed by atoms with E-state index in [9.17, 15) is 9.59 Å². The van der Waals surface area contributed by atoms with Crippen molar-refractivity contribution in [1.82, 2.24) is 10.4 Å². The van der Waals surface area contributed by atoms with E-state index < -0.39 is 11.9 Å². The first-order valence-corrected chi connectivity index (χ1v) is 14.5. The van der Waals surface area contributed by atoms with Crippen LogP contribution in [0.1, 0.15) is 26.4 Å². The summed E-state index contributed by atoms with van der Waals surface area (Å²) in [5.41, 5.74) is 5.29. The van der Waals surface area contributed by atoms with Gasteiger partial charge in [0.1, 0.15) is 17.2 Å². The number of fused-ring (bicyclic) bond motifs is 1. The van der Waals surface area contributed by atoms with Gasteiger partial charge in [0.15, 0.2) is 11.5 Å². The molecule has 0 aliphatic carbocycles. The molecule has 0 fully saturated rings. The van der Waals surface area contributed by atoms with E-state index in [4.69, 9.17) is 35.3 Å². The lowest BCUT2D eigenvalue weighted by atomic mass is 10.0. The molecular formula is C33H27BrClN3O7. The lowest BCUT2D eigenvalue weighted by molar-refractivity contribution is 0.0733. The van der Waals surface area contributed by atoms with Crippen LogP contribution in [0.25, 0.3) is 22.0 Å². The molecule has 0 saturated carbocycles. The summed E-state index contributed by atoms with van der Waals surface area (Å²) in [6.45, 7) is 0. The topological polar surface area (TPSA) is 120 Å². The van der Waals surface area contributed by atoms with E-state index in [2.05, 4.69) is 31.4 Å². The van der Waals surface area contributed by atoms with Gasteiger partial charge in [0.25, 0.3) is 5.91 Å². The molecule has 0 spiro atoms. The van der Waals surface area contributed by atoms with Crippen LogP contribution in [0, 0.1) is 0 Å². The van der Waals surface area contributed by atoms with Gasteiger partial charge in [-0.3, -0.25) is 4.79 Å². The Kier molecular flexibility index (Phi) is 9.60. The average Bonchev–Trinajstić information content (AvgIpc) is 3.45. The summed E-state index contributed by atoms with van der Waals surface area (Å²) in [6.07, 6.45) is 1.37. The number of rotatable bonds is 10. The Morgan fingerprint density at radius 1 is 0.844 bits per heavy atom. The number of carbonyl (C=O) groups excluding carboxylic acids is 2. The summed E-state index contributed by atoms with van der Waals surface area (Å²) in [7, 11) is 5.93. The molecule has 0 bridgehead atoms. The number of aromatic nitrogens is 1. The van der Waals surface area contributed by atoms with Gasteiger partial charge in [-0.25, -0.2) is 10.2 Å². The molecule has 10 nitrogen and oxygen atoms in total. The summed E-state index contributed by atoms with van der Waals surface area (Å²) in [5.74, 6) is 0.509. The van der Waals surface area contributed by atoms with Crippen molar-refractivity contribution in [2.45, 2.75) is 0 Å². The number of nitrogens with zero attached hydrogens (tertiary/aromatic N) is 1. The molecule has 1 heterocycles. The van der Waals surface area contributed by atoms with Crippen molar-refractivity contribution >= 4 is 56.5 Å². The van der Waals surface area contributed by atoms with Crippen molar-refractivity contribution in [2.75, 3.05) is 28.4 Å². The number of ether oxygens (including phenoxy) is 5. The normalized spacial score (nSPS) is 11.0. The first-order chi connectivity index (χ1) is 21.8. The van der Waals surface area contributed by atoms with Crippen LogP contribution >= 0.6 is 27.5 Å². The maximum atomic E-state index is 13.5. The second kappa shape index (κ2) is 13.7. The molecule has 45 heavy (non-hydrogen) atoms. The van der Waals surface area contributed by atoms with Gasteiger partial charge in [0.05, 0.1) is 45.7 Å². The first-order valence-electron chi connectivity index (χ1n) is 13.4. The number of H-pyrrole nitrogens is 1. The summed E-state index contributed by atoms with van der Waals surface area (Å²) in [5, 5.41) is 5.40. The maximum absolute atomic E-state index is 13.5. The third-order valence-electron chi connectivity index (χ3n) is 6.83. The highest BCUT2D eigenvalue weighted by atomic mass is 79.9. The van der Waals surface area contributed by atoms with Gasteiger partial charge in [-0.2, -0.15) is 5.10 Å². The lowest BCUT2D eigenvalue weighted by Gasteiger charge is -2.14. The quantitative estimate of drug-likeness (QED) is 0.0684. The second-order valence-corrected chi connectivity index (χ2v) is 10.7. The van der Waals surface area contributed by atoms with Crippen molar-refractivity contribution in [1.29, 1.82) is 0 Å². The fourth-order valence-corrected chi connectivity index (χ4v) is 5.37. The zero-order valence-electron chi connectivity index (χ0n) is 24.6. The van der Waals surface area contributed by atoms with E-state index in [0.29, 0.717) is 54.7 Å². The van der Waals surface area contributed by atoms with E-state index in [1.165, 1.54) is 39.7 Å². The molecule has 0 aliphatic heterocycles. The Bertz CT molecular complexity index is 1910. The molecule has 5 aromatic rings. The Labute approximate surface area is 272 Å². The highest BCUT2D eigenvalue weighted by Gasteiger charge is 2.23. The number of benzene rings is 4. The number of methoxy groups -OCH3 is 4. The van der Waals surface area contributed by atoms with Gasteiger partial charge in [-0.15, -0.1) is 0 Å². The zero-order chi connectivity index (χ0) is 32.1. The predicted molar refractivity (Wildman–Crippen MR) is 176 cm³/mol. The van der Waals surface area contributed by atoms with Gasteiger partial charge in [0, 0.05) is 31.6 Å². The highest BCUT2D eigenvalue weighted by Crippen LogP contribution is 2.40. The summed E-state index contributed by atoms with van der Waals surface area (Å²) in [6, 6.07) is 20.7. The molecule has 1 aromatic heterocycles. The molecule has 230 valence electrons. The molecule has 0 unspecified atom stereocenters. The number of amides is 1. The number of nitrogens with one attached hydrogen (secondary N) is 2. The number of hydrogen-bond donors (Lipinski definition) is 2. The van der Waals surface area contributed by atoms with Crippen molar-refractivity contribution in [3.63, 3.8) is 0 Å². The van der Waals surface area contributed by atoms with Crippen molar-refractivity contribution in [3.8, 4) is 39.9 Å². The fourth-order valence-electron chi connectivity index (χ4n) is 4.76. The Morgan fingerprint density at radius 2 is 1.56 bits per heavy atom. The van der Waals surface area contributed by atoms with Gasteiger partial charge in [-0.1, -0.05) is 57.9 Å². The van der Waals surface area contributed by atoms with Crippen molar-refractivity contribution in [2.24, 2.45) is 5.10 Å². The van der Waals surface area contributed by atoms with Gasteiger partial charge in [0.2, 0.25) is 5.75 Å². The Morgan fingerprint density at radius 3 is 2.22 bits per heavy atom. The first kappa shape index (κ1) is 31.4. The molecule has 4 aromatic carbocycles. The lowest BCUT2D eigenvalue weighted by Crippen LogP contribution is -2.19. The van der Waals surface area contributed by atoms with E-state index in [-0.39, 0.29) is 17.0 Å². The molecule has 0 atom stereocenters. The van der Waals surface area contributed by atoms with Crippen molar-refractivity contribution in [3.05, 3.63) is 99.1 Å². The number of carbonyl (C=O) groups is 2.